The number of hydrogen-bond acceptors (Lipinski definition) is 5. The van der Waals surface area contributed by atoms with Gasteiger partial charge in [0.25, 0.3) is 5.56 Å². The van der Waals surface area contributed by atoms with Gasteiger partial charge in [-0.3, -0.25) is 14.0 Å². The Balaban J connectivity index is 1.49. The monoisotopic (exact) mass is 507 g/mol. The summed E-state index contributed by atoms with van der Waals surface area (Å²) in [5, 5.41) is 5.33. The number of aromatic nitrogens is 6. The van der Waals surface area contributed by atoms with Gasteiger partial charge in [0.1, 0.15) is 17.2 Å². The van der Waals surface area contributed by atoms with E-state index < -0.39 is 17.1 Å². The predicted molar refractivity (Wildman–Crippen MR) is 136 cm³/mol. The lowest BCUT2D eigenvalue weighted by molar-refractivity contribution is 0.212. The van der Waals surface area contributed by atoms with E-state index in [1.54, 1.807) is 13.2 Å². The zero-order valence-corrected chi connectivity index (χ0v) is 20.5. The van der Waals surface area contributed by atoms with E-state index >= 15 is 0 Å². The highest BCUT2D eigenvalue weighted by molar-refractivity contribution is 6.32. The van der Waals surface area contributed by atoms with Crippen LogP contribution >= 0.6 is 11.6 Å². The highest BCUT2D eigenvalue weighted by Crippen LogP contribution is 2.29. The van der Waals surface area contributed by atoms with Gasteiger partial charge in [0.15, 0.2) is 0 Å². The zero-order chi connectivity index (χ0) is 25.1. The van der Waals surface area contributed by atoms with E-state index in [4.69, 9.17) is 11.6 Å². The molecule has 0 saturated carbocycles. The van der Waals surface area contributed by atoms with Crippen LogP contribution in [0.3, 0.4) is 0 Å². The maximum absolute atomic E-state index is 14.6. The van der Waals surface area contributed by atoms with E-state index in [0.717, 1.165) is 47.8 Å². The standard InChI is InChI=1S/C25H23ClFN7O2/c1-31-8-6-15(7-9-31)33-13-14(11-29-33)20-10-16-21-17(12-28-23(16)30-20)24(35)34(25(36)32(21)2)22-18(26)4-3-5-19(22)27/h3-5,10-13,15H,6-9H2,1-2H3,(H,28,30). The van der Waals surface area contributed by atoms with Gasteiger partial charge in [-0.05, 0) is 51.2 Å². The van der Waals surface area contributed by atoms with Gasteiger partial charge in [-0.1, -0.05) is 17.7 Å². The molecule has 184 valence electrons. The Labute approximate surface area is 209 Å². The summed E-state index contributed by atoms with van der Waals surface area (Å²) in [6.45, 7) is 2.07. The summed E-state index contributed by atoms with van der Waals surface area (Å²) >= 11 is 6.16. The molecule has 1 fully saturated rings. The molecule has 5 heterocycles. The van der Waals surface area contributed by atoms with Gasteiger partial charge in [-0.2, -0.15) is 5.10 Å². The van der Waals surface area contributed by atoms with Crippen molar-refractivity contribution in [1.82, 2.24) is 33.8 Å². The highest BCUT2D eigenvalue weighted by Gasteiger charge is 2.22. The third kappa shape index (κ3) is 3.48. The Morgan fingerprint density at radius 1 is 1.11 bits per heavy atom. The quantitative estimate of drug-likeness (QED) is 0.403. The van der Waals surface area contributed by atoms with E-state index in [1.165, 1.54) is 22.9 Å². The molecular formula is C25H23ClFN7O2. The summed E-state index contributed by atoms with van der Waals surface area (Å²) in [4.78, 5) is 36.7. The number of rotatable bonds is 3. The number of fused-ring (bicyclic) bond motifs is 3. The van der Waals surface area contributed by atoms with E-state index in [9.17, 15) is 14.0 Å². The first-order chi connectivity index (χ1) is 17.3. The van der Waals surface area contributed by atoms with Crippen LogP contribution in [0.25, 0.3) is 38.9 Å². The highest BCUT2D eigenvalue weighted by atomic mass is 35.5. The first kappa shape index (κ1) is 22.7. The van der Waals surface area contributed by atoms with Crippen LogP contribution in [0.4, 0.5) is 4.39 Å². The van der Waals surface area contributed by atoms with Crippen LogP contribution in [0.5, 0.6) is 0 Å². The van der Waals surface area contributed by atoms with Crippen LogP contribution in [0, 0.1) is 5.82 Å². The second-order valence-corrected chi connectivity index (χ2v) is 9.67. The predicted octanol–water partition coefficient (Wildman–Crippen LogP) is 3.49. The average Bonchev–Trinajstić information content (AvgIpc) is 3.52. The molecule has 9 nitrogen and oxygen atoms in total. The summed E-state index contributed by atoms with van der Waals surface area (Å²) < 4.78 is 18.7. The molecule has 0 atom stereocenters. The summed E-state index contributed by atoms with van der Waals surface area (Å²) in [5.41, 5.74) is 0.930. The second-order valence-electron chi connectivity index (χ2n) is 9.26. The van der Waals surface area contributed by atoms with Crippen molar-refractivity contribution in [3.8, 4) is 16.9 Å². The Morgan fingerprint density at radius 2 is 1.89 bits per heavy atom. The molecule has 1 N–H and O–H groups in total. The lowest BCUT2D eigenvalue weighted by atomic mass is 10.1. The van der Waals surface area contributed by atoms with E-state index in [2.05, 4.69) is 27.0 Å². The largest absolute Gasteiger partial charge is 0.339 e. The SMILES string of the molecule is CN1CCC(n2cc(-c3cc4c(ncc5c(=O)n(-c6c(F)cccc6Cl)c(=O)n(C)c54)[nH]3)cn2)CC1. The lowest BCUT2D eigenvalue weighted by Crippen LogP contribution is -2.38. The van der Waals surface area contributed by atoms with Crippen LogP contribution in [-0.4, -0.2) is 53.9 Å². The second kappa shape index (κ2) is 8.42. The molecule has 0 unspecified atom stereocenters. The van der Waals surface area contributed by atoms with Crippen molar-refractivity contribution in [2.45, 2.75) is 18.9 Å². The third-order valence-corrected chi connectivity index (χ3v) is 7.32. The van der Waals surface area contributed by atoms with Crippen LogP contribution in [0.15, 0.2) is 52.4 Å². The van der Waals surface area contributed by atoms with Crippen molar-refractivity contribution in [1.29, 1.82) is 0 Å². The Morgan fingerprint density at radius 3 is 2.64 bits per heavy atom. The summed E-state index contributed by atoms with van der Waals surface area (Å²) in [7, 11) is 3.67. The molecule has 1 aliphatic rings. The molecule has 1 saturated heterocycles. The molecule has 0 radical (unpaired) electrons. The average molecular weight is 508 g/mol. The number of H-pyrrole nitrogens is 1. The van der Waals surface area contributed by atoms with E-state index in [1.807, 2.05) is 16.9 Å². The smallest absolute Gasteiger partial charge is 0.336 e. The van der Waals surface area contributed by atoms with E-state index in [0.29, 0.717) is 22.6 Å². The van der Waals surface area contributed by atoms with Gasteiger partial charge >= 0.3 is 5.69 Å². The van der Waals surface area contributed by atoms with Crippen molar-refractivity contribution in [3.05, 3.63) is 74.5 Å². The maximum Gasteiger partial charge on any atom is 0.336 e. The third-order valence-electron chi connectivity index (χ3n) is 7.01. The number of likely N-dealkylation sites (tertiary alicyclic amines) is 1. The number of benzene rings is 1. The summed E-state index contributed by atoms with van der Waals surface area (Å²) in [6, 6.07) is 6.21. The molecule has 11 heteroatoms. The fraction of sp³-hybridized carbons (Fsp3) is 0.280. The summed E-state index contributed by atoms with van der Waals surface area (Å²) in [6.07, 6.45) is 7.28. The molecule has 36 heavy (non-hydrogen) atoms. The summed E-state index contributed by atoms with van der Waals surface area (Å²) in [5.74, 6) is -0.763. The van der Waals surface area contributed by atoms with Crippen LogP contribution in [0.1, 0.15) is 18.9 Å². The Bertz CT molecular complexity index is 1740. The molecule has 4 aromatic heterocycles. The minimum Gasteiger partial charge on any atom is -0.339 e. The number of hydrogen-bond donors (Lipinski definition) is 1. The molecule has 5 aromatic rings. The lowest BCUT2D eigenvalue weighted by Gasteiger charge is -2.28. The molecule has 1 aliphatic heterocycles. The van der Waals surface area contributed by atoms with Crippen LogP contribution in [0.2, 0.25) is 5.02 Å². The van der Waals surface area contributed by atoms with Gasteiger partial charge < -0.3 is 9.88 Å². The van der Waals surface area contributed by atoms with Crippen LogP contribution < -0.4 is 11.2 Å². The fourth-order valence-corrected chi connectivity index (χ4v) is 5.27. The zero-order valence-electron chi connectivity index (χ0n) is 19.7. The number of aryl methyl sites for hydroxylation is 1. The molecule has 0 aliphatic carbocycles. The van der Waals surface area contributed by atoms with Crippen LogP contribution in [-0.2, 0) is 7.05 Å². The number of aromatic amines is 1. The first-order valence-corrected chi connectivity index (χ1v) is 12.0. The van der Waals surface area contributed by atoms with Crippen molar-refractivity contribution in [2.24, 2.45) is 7.05 Å². The van der Waals surface area contributed by atoms with Crippen molar-refractivity contribution in [2.75, 3.05) is 20.1 Å². The van der Waals surface area contributed by atoms with E-state index in [-0.39, 0.29) is 16.1 Å². The van der Waals surface area contributed by atoms with Gasteiger partial charge in [-0.25, -0.2) is 18.7 Å². The van der Waals surface area contributed by atoms with Gasteiger partial charge in [0, 0.05) is 30.4 Å². The van der Waals surface area contributed by atoms with Crippen molar-refractivity contribution >= 4 is 33.5 Å². The number of para-hydroxylation sites is 1. The van der Waals surface area contributed by atoms with Crippen molar-refractivity contribution < 1.29 is 4.39 Å². The molecule has 0 amide bonds. The number of pyridine rings is 1. The Kier molecular flexibility index (Phi) is 5.31. The normalized spacial score (nSPS) is 15.3. The molecule has 6 rings (SSSR count). The van der Waals surface area contributed by atoms with Crippen molar-refractivity contribution in [3.63, 3.8) is 0 Å². The Hall–Kier alpha value is -3.76. The van der Waals surface area contributed by atoms with Gasteiger partial charge in [0.2, 0.25) is 0 Å². The molecule has 0 bridgehead atoms. The van der Waals surface area contributed by atoms with Gasteiger partial charge in [-0.15, -0.1) is 0 Å². The number of halogens is 2. The minimum atomic E-state index is -0.763. The molecular weight excluding hydrogens is 485 g/mol. The van der Waals surface area contributed by atoms with Gasteiger partial charge in [0.05, 0.1) is 33.9 Å². The number of nitrogens with zero attached hydrogens (tertiary/aromatic N) is 6. The molecule has 1 aromatic carbocycles. The molecule has 0 spiro atoms. The number of piperidine rings is 1. The maximum atomic E-state index is 14.6. The first-order valence-electron chi connectivity index (χ1n) is 11.6. The minimum absolute atomic E-state index is 0.0341. The number of nitrogens with one attached hydrogen (secondary N) is 1. The fourth-order valence-electron chi connectivity index (χ4n) is 5.02. The topological polar surface area (TPSA) is 93.7 Å².